The number of carbonyl (C=O) groups is 2. The van der Waals surface area contributed by atoms with Crippen LogP contribution in [0.25, 0.3) is 5.95 Å². The number of hydrogen-bond donors (Lipinski definition) is 3. The zero-order chi connectivity index (χ0) is 40.1. The SMILES string of the molecule is CCC(OC(=O)OC1CCCCC1)Oc1nc([C@H](Nc2ccc(C(N)=NC(=O)c3ccccc3)cc2)c2cc(OC)cc(OCCO)c2F)nn1-c1ncccn1. The van der Waals surface area contributed by atoms with Gasteiger partial charge in [-0.25, -0.2) is 19.2 Å². The molecule has 298 valence electrons. The normalized spacial score (nSPS) is 14.3. The molecular weight excluding hydrogens is 739 g/mol. The highest BCUT2D eigenvalue weighted by molar-refractivity contribution is 6.08. The number of aromatic nitrogens is 5. The minimum atomic E-state index is -1.17. The molecule has 4 N–H and O–H groups in total. The van der Waals surface area contributed by atoms with Crippen LogP contribution in [-0.4, -0.2) is 80.5 Å². The quantitative estimate of drug-likeness (QED) is 0.0460. The zero-order valence-electron chi connectivity index (χ0n) is 31.4. The van der Waals surface area contributed by atoms with Crippen molar-refractivity contribution in [1.82, 2.24) is 24.7 Å². The van der Waals surface area contributed by atoms with Crippen LogP contribution >= 0.6 is 0 Å². The number of nitrogens with one attached hydrogen (secondary N) is 1. The second-order valence-electron chi connectivity index (χ2n) is 12.8. The highest BCUT2D eigenvalue weighted by Gasteiger charge is 2.30. The molecule has 0 radical (unpaired) electrons. The van der Waals surface area contributed by atoms with Gasteiger partial charge in [-0.3, -0.25) is 4.79 Å². The number of anilines is 1. The maximum absolute atomic E-state index is 16.5. The van der Waals surface area contributed by atoms with Gasteiger partial charge in [0.1, 0.15) is 30.3 Å². The number of aliphatic hydroxyl groups is 1. The number of ether oxygens (including phenoxy) is 5. The second-order valence-corrected chi connectivity index (χ2v) is 12.8. The van der Waals surface area contributed by atoms with Crippen LogP contribution in [-0.2, 0) is 9.47 Å². The molecule has 1 fully saturated rings. The van der Waals surface area contributed by atoms with E-state index in [1.807, 2.05) is 0 Å². The Bertz CT molecular complexity index is 2130. The van der Waals surface area contributed by atoms with Crippen LogP contribution in [0.1, 0.15) is 78.8 Å². The maximum atomic E-state index is 16.5. The Balaban J connectivity index is 1.36. The van der Waals surface area contributed by atoms with Crippen molar-refractivity contribution >= 4 is 23.6 Å². The van der Waals surface area contributed by atoms with Gasteiger partial charge in [-0.1, -0.05) is 31.5 Å². The van der Waals surface area contributed by atoms with Gasteiger partial charge in [0.15, 0.2) is 17.4 Å². The van der Waals surface area contributed by atoms with Crippen LogP contribution in [0.4, 0.5) is 14.9 Å². The predicted molar refractivity (Wildman–Crippen MR) is 205 cm³/mol. The number of aliphatic hydroxyl groups excluding tert-OH is 1. The number of carbonyl (C=O) groups excluding carboxylic acids is 2. The molecule has 1 saturated carbocycles. The molecule has 6 rings (SSSR count). The zero-order valence-corrected chi connectivity index (χ0v) is 31.4. The first-order valence-corrected chi connectivity index (χ1v) is 18.5. The van der Waals surface area contributed by atoms with Crippen LogP contribution in [0.3, 0.4) is 0 Å². The number of methoxy groups -OCH3 is 1. The molecule has 1 aliphatic rings. The van der Waals surface area contributed by atoms with Gasteiger partial charge in [0.2, 0.25) is 0 Å². The first-order valence-electron chi connectivity index (χ1n) is 18.5. The lowest BCUT2D eigenvalue weighted by Gasteiger charge is -2.23. The fraction of sp³-hybridized carbons (Fsp3) is 0.325. The number of halogens is 1. The lowest BCUT2D eigenvalue weighted by molar-refractivity contribution is -0.0829. The number of nitrogens with two attached hydrogens (primary N) is 1. The van der Waals surface area contributed by atoms with Gasteiger partial charge >= 0.3 is 12.2 Å². The van der Waals surface area contributed by atoms with E-state index in [1.165, 1.54) is 36.3 Å². The molecule has 3 aromatic carbocycles. The molecule has 17 heteroatoms. The Labute approximate surface area is 327 Å². The molecule has 1 unspecified atom stereocenters. The Morgan fingerprint density at radius 1 is 1.02 bits per heavy atom. The molecule has 0 saturated heterocycles. The summed E-state index contributed by atoms with van der Waals surface area (Å²) in [5.74, 6) is -1.19. The van der Waals surface area contributed by atoms with Gasteiger partial charge in [0, 0.05) is 47.3 Å². The molecular formula is C40H43FN8O8. The average molecular weight is 783 g/mol. The average Bonchev–Trinajstić information content (AvgIpc) is 3.66. The van der Waals surface area contributed by atoms with Crippen LogP contribution in [0.2, 0.25) is 0 Å². The maximum Gasteiger partial charge on any atom is 0.511 e. The highest BCUT2D eigenvalue weighted by atomic mass is 19.1. The van der Waals surface area contributed by atoms with Gasteiger partial charge in [0.05, 0.1) is 13.7 Å². The van der Waals surface area contributed by atoms with Crippen molar-refractivity contribution in [2.75, 3.05) is 25.6 Å². The standard InChI is InChI=1S/C40H43FN8O8/c1-3-32(57-40(52)55-28-13-8-5-9-14-28)56-39-47-36(48-49(39)38-43-19-10-20-44-38)34(30-23-29(53-2)24-31(33(30)41)54-22-21-50)45-27-17-15-25(16-18-27)35(42)46-37(51)26-11-6-4-7-12-26/h4,6-7,10-12,15-20,23-24,28,32,34,45,50H,3,5,8-9,13-14,21-22H2,1-2H3,(H2,42,46,51)/t32?,34-/m1/s1. The topological polar surface area (TPSA) is 207 Å². The van der Waals surface area contributed by atoms with E-state index in [4.69, 9.17) is 29.4 Å². The summed E-state index contributed by atoms with van der Waals surface area (Å²) in [5, 5.41) is 17.4. The van der Waals surface area contributed by atoms with E-state index in [-0.39, 0.29) is 66.4 Å². The molecule has 5 aromatic rings. The van der Waals surface area contributed by atoms with Crippen molar-refractivity contribution < 1.29 is 42.8 Å². The largest absolute Gasteiger partial charge is 0.511 e. The third kappa shape index (κ3) is 10.4. The number of amides is 1. The van der Waals surface area contributed by atoms with Crippen molar-refractivity contribution in [3.63, 3.8) is 0 Å². The van der Waals surface area contributed by atoms with Gasteiger partial charge in [-0.15, -0.1) is 9.78 Å². The summed E-state index contributed by atoms with van der Waals surface area (Å²) in [5.41, 5.74) is 7.51. The number of hydrogen-bond acceptors (Lipinski definition) is 13. The summed E-state index contributed by atoms with van der Waals surface area (Å²) < 4.78 is 45.9. The monoisotopic (exact) mass is 782 g/mol. The van der Waals surface area contributed by atoms with Crippen molar-refractivity contribution in [2.24, 2.45) is 10.7 Å². The molecule has 2 heterocycles. The van der Waals surface area contributed by atoms with Crippen molar-refractivity contribution in [1.29, 1.82) is 0 Å². The molecule has 0 spiro atoms. The van der Waals surface area contributed by atoms with E-state index in [9.17, 15) is 14.7 Å². The second kappa shape index (κ2) is 19.3. The van der Waals surface area contributed by atoms with Crippen molar-refractivity contribution in [3.05, 3.63) is 114 Å². The van der Waals surface area contributed by atoms with E-state index in [1.54, 1.807) is 67.6 Å². The van der Waals surface area contributed by atoms with Gasteiger partial charge < -0.3 is 39.8 Å². The van der Waals surface area contributed by atoms with Crippen LogP contribution in [0.5, 0.6) is 17.5 Å². The van der Waals surface area contributed by atoms with Gasteiger partial charge in [-0.2, -0.15) is 9.98 Å². The Hall–Kier alpha value is -6.62. The summed E-state index contributed by atoms with van der Waals surface area (Å²) in [4.78, 5) is 42.8. The van der Waals surface area contributed by atoms with Gasteiger partial charge in [0.25, 0.3) is 18.1 Å². The Morgan fingerprint density at radius 3 is 2.44 bits per heavy atom. The van der Waals surface area contributed by atoms with Crippen molar-refractivity contribution in [3.8, 4) is 23.5 Å². The summed E-state index contributed by atoms with van der Waals surface area (Å²) in [7, 11) is 1.42. The smallest absolute Gasteiger partial charge is 0.497 e. The Kier molecular flexibility index (Phi) is 13.6. The Morgan fingerprint density at radius 2 is 1.75 bits per heavy atom. The van der Waals surface area contributed by atoms with Gasteiger partial charge in [-0.05, 0) is 74.2 Å². The lowest BCUT2D eigenvalue weighted by Crippen LogP contribution is -2.28. The highest BCUT2D eigenvalue weighted by Crippen LogP contribution is 2.36. The van der Waals surface area contributed by atoms with Crippen LogP contribution in [0, 0.1) is 5.82 Å². The van der Waals surface area contributed by atoms with Crippen LogP contribution in [0.15, 0.2) is 90.2 Å². The first kappa shape index (κ1) is 40.1. The van der Waals surface area contributed by atoms with E-state index in [0.29, 0.717) is 16.8 Å². The summed E-state index contributed by atoms with van der Waals surface area (Å²) >= 11 is 0. The van der Waals surface area contributed by atoms with E-state index >= 15 is 4.39 Å². The fourth-order valence-corrected chi connectivity index (χ4v) is 5.99. The third-order valence-corrected chi connectivity index (χ3v) is 8.88. The lowest BCUT2D eigenvalue weighted by atomic mass is 9.98. The molecule has 1 amide bonds. The molecule has 0 aliphatic heterocycles. The van der Waals surface area contributed by atoms with Crippen molar-refractivity contribution in [2.45, 2.75) is 63.9 Å². The number of rotatable bonds is 16. The van der Waals surface area contributed by atoms with E-state index in [2.05, 4.69) is 30.4 Å². The molecule has 2 atom stereocenters. The summed E-state index contributed by atoms with van der Waals surface area (Å²) in [6.07, 6.45) is 5.50. The predicted octanol–water partition coefficient (Wildman–Crippen LogP) is 5.92. The minimum absolute atomic E-state index is 0.00191. The molecule has 0 bridgehead atoms. The third-order valence-electron chi connectivity index (χ3n) is 8.88. The molecule has 16 nitrogen and oxygen atoms in total. The summed E-state index contributed by atoms with van der Waals surface area (Å²) in [6.45, 7) is 1.21. The molecule has 57 heavy (non-hydrogen) atoms. The number of aliphatic imine (C=N–C) groups is 1. The first-order chi connectivity index (χ1) is 27.8. The van der Waals surface area contributed by atoms with E-state index in [0.717, 1.165) is 32.1 Å². The van der Waals surface area contributed by atoms with Crippen LogP contribution < -0.4 is 25.3 Å². The molecule has 1 aliphatic carbocycles. The van der Waals surface area contributed by atoms with E-state index < -0.39 is 30.2 Å². The number of nitrogens with zero attached hydrogens (tertiary/aromatic N) is 6. The number of amidine groups is 1. The number of benzene rings is 3. The minimum Gasteiger partial charge on any atom is -0.497 e. The fourth-order valence-electron chi connectivity index (χ4n) is 5.99. The summed E-state index contributed by atoms with van der Waals surface area (Å²) in [6, 6.07) is 18.2. The molecule has 2 aromatic heterocycles.